The Bertz CT molecular complexity index is 595. The molecule has 2 aliphatic rings. The van der Waals surface area contributed by atoms with E-state index in [2.05, 4.69) is 9.47 Å². The Morgan fingerprint density at radius 2 is 1.86 bits per heavy atom. The van der Waals surface area contributed by atoms with E-state index >= 15 is 0 Å². The van der Waals surface area contributed by atoms with Gasteiger partial charge in [0.25, 0.3) is 0 Å². The van der Waals surface area contributed by atoms with Crippen molar-refractivity contribution in [1.29, 1.82) is 0 Å². The number of allylic oxidation sites excluding steroid dienone is 4. The zero-order valence-corrected chi connectivity index (χ0v) is 10.8. The maximum absolute atomic E-state index is 13.1. The highest BCUT2D eigenvalue weighted by Crippen LogP contribution is 2.44. The Labute approximate surface area is 118 Å². The number of hydrogen-bond acceptors (Lipinski definition) is 2. The van der Waals surface area contributed by atoms with E-state index in [1.807, 2.05) is 0 Å². The number of ether oxygens (including phenoxy) is 2. The van der Waals surface area contributed by atoms with Crippen LogP contribution in [0.5, 0.6) is 11.5 Å². The lowest BCUT2D eigenvalue weighted by atomic mass is 9.84. The van der Waals surface area contributed by atoms with Crippen LogP contribution in [0.2, 0.25) is 0 Å². The molecule has 0 spiro atoms. The summed E-state index contributed by atoms with van der Waals surface area (Å²) in [6.07, 6.45) is 0.303. The molecular formula is C15H12F4O2. The third-order valence-electron chi connectivity index (χ3n) is 3.55. The molecule has 0 fully saturated rings. The Morgan fingerprint density at radius 1 is 1.10 bits per heavy atom. The zero-order valence-electron chi connectivity index (χ0n) is 10.8. The summed E-state index contributed by atoms with van der Waals surface area (Å²) in [6, 6.07) is 4.48. The molecule has 6 heteroatoms. The van der Waals surface area contributed by atoms with Crippen LogP contribution in [0, 0.1) is 11.8 Å². The fourth-order valence-electron chi connectivity index (χ4n) is 2.59. The second kappa shape index (κ2) is 5.09. The fourth-order valence-corrected chi connectivity index (χ4v) is 2.59. The third-order valence-corrected chi connectivity index (χ3v) is 3.55. The Kier molecular flexibility index (Phi) is 3.39. The van der Waals surface area contributed by atoms with Crippen molar-refractivity contribution in [3.63, 3.8) is 0 Å². The van der Waals surface area contributed by atoms with Crippen LogP contribution in [0.3, 0.4) is 0 Å². The maximum Gasteiger partial charge on any atom is 0.586 e. The number of rotatable bonds is 3. The van der Waals surface area contributed by atoms with Gasteiger partial charge in [0, 0.05) is 5.92 Å². The van der Waals surface area contributed by atoms with Gasteiger partial charge in [-0.1, -0.05) is 36.4 Å². The number of benzene rings is 1. The van der Waals surface area contributed by atoms with Gasteiger partial charge in [-0.05, 0) is 24.0 Å². The lowest BCUT2D eigenvalue weighted by molar-refractivity contribution is -0.287. The quantitative estimate of drug-likeness (QED) is 0.780. The van der Waals surface area contributed by atoms with Gasteiger partial charge in [0.15, 0.2) is 11.5 Å². The molecular weight excluding hydrogens is 288 g/mol. The molecule has 1 heterocycles. The second-order valence-electron chi connectivity index (χ2n) is 4.96. The molecule has 3 rings (SSSR count). The molecule has 2 unspecified atom stereocenters. The summed E-state index contributed by atoms with van der Waals surface area (Å²) in [5, 5.41) is 0. The highest BCUT2D eigenvalue weighted by atomic mass is 19.3. The monoisotopic (exact) mass is 300 g/mol. The van der Waals surface area contributed by atoms with Crippen molar-refractivity contribution in [3.05, 3.63) is 48.1 Å². The van der Waals surface area contributed by atoms with E-state index in [0.717, 1.165) is 0 Å². The first-order valence-electron chi connectivity index (χ1n) is 6.47. The van der Waals surface area contributed by atoms with E-state index in [9.17, 15) is 17.6 Å². The average molecular weight is 300 g/mol. The largest absolute Gasteiger partial charge is 0.586 e. The summed E-state index contributed by atoms with van der Waals surface area (Å²) < 4.78 is 61.1. The highest BCUT2D eigenvalue weighted by molar-refractivity contribution is 5.49. The van der Waals surface area contributed by atoms with Gasteiger partial charge in [0.2, 0.25) is 6.43 Å². The van der Waals surface area contributed by atoms with Crippen molar-refractivity contribution in [2.45, 2.75) is 19.1 Å². The predicted molar refractivity (Wildman–Crippen MR) is 67.6 cm³/mol. The first kappa shape index (κ1) is 14.0. The van der Waals surface area contributed by atoms with Crippen molar-refractivity contribution < 1.29 is 27.0 Å². The Balaban J connectivity index is 1.85. The second-order valence-corrected chi connectivity index (χ2v) is 4.96. The van der Waals surface area contributed by atoms with Crippen LogP contribution in [-0.2, 0) is 6.42 Å². The van der Waals surface area contributed by atoms with Crippen LogP contribution in [0.25, 0.3) is 0 Å². The van der Waals surface area contributed by atoms with Crippen molar-refractivity contribution in [2.75, 3.05) is 0 Å². The van der Waals surface area contributed by atoms with Crippen molar-refractivity contribution >= 4 is 0 Å². The Hall–Kier alpha value is -1.98. The first-order chi connectivity index (χ1) is 9.96. The fraction of sp³-hybridized carbons (Fsp3) is 0.333. The maximum atomic E-state index is 13.1. The normalized spacial score (nSPS) is 25.6. The lowest BCUT2D eigenvalue weighted by Gasteiger charge is -2.23. The van der Waals surface area contributed by atoms with Gasteiger partial charge in [-0.25, -0.2) is 8.78 Å². The van der Waals surface area contributed by atoms with Crippen LogP contribution < -0.4 is 9.47 Å². The minimum Gasteiger partial charge on any atom is -0.395 e. The summed E-state index contributed by atoms with van der Waals surface area (Å²) in [5.74, 6) is -1.55. The molecule has 21 heavy (non-hydrogen) atoms. The topological polar surface area (TPSA) is 18.5 Å². The van der Waals surface area contributed by atoms with Gasteiger partial charge < -0.3 is 9.47 Å². The van der Waals surface area contributed by atoms with Crippen molar-refractivity contribution in [1.82, 2.24) is 0 Å². The lowest BCUT2D eigenvalue weighted by Crippen LogP contribution is -2.26. The number of halogens is 4. The minimum atomic E-state index is -3.71. The molecule has 1 aliphatic carbocycles. The molecule has 2 nitrogen and oxygen atoms in total. The van der Waals surface area contributed by atoms with Crippen molar-refractivity contribution in [2.24, 2.45) is 11.8 Å². The number of alkyl halides is 4. The molecule has 0 bridgehead atoms. The van der Waals surface area contributed by atoms with Crippen LogP contribution in [0.15, 0.2) is 42.5 Å². The van der Waals surface area contributed by atoms with Gasteiger partial charge in [-0.3, -0.25) is 0 Å². The van der Waals surface area contributed by atoms with E-state index in [-0.39, 0.29) is 17.9 Å². The average Bonchev–Trinajstić information content (AvgIpc) is 2.74. The molecule has 1 aromatic carbocycles. The molecule has 0 radical (unpaired) electrons. The molecule has 0 aromatic heterocycles. The van der Waals surface area contributed by atoms with Gasteiger partial charge in [-0.2, -0.15) is 0 Å². The van der Waals surface area contributed by atoms with E-state index < -0.39 is 24.6 Å². The summed E-state index contributed by atoms with van der Waals surface area (Å²) in [4.78, 5) is 0. The van der Waals surface area contributed by atoms with E-state index in [4.69, 9.17) is 0 Å². The highest BCUT2D eigenvalue weighted by Gasteiger charge is 2.44. The van der Waals surface area contributed by atoms with Gasteiger partial charge in [-0.15, -0.1) is 8.78 Å². The number of fused-ring (bicyclic) bond motifs is 1. The molecule has 0 saturated heterocycles. The molecule has 2 atom stereocenters. The SMILES string of the molecule is FC(F)C1C=CC=CC1Cc1cccc2c1OC(F)(F)O2. The summed E-state index contributed by atoms with van der Waals surface area (Å²) in [5.41, 5.74) is 0.431. The van der Waals surface area contributed by atoms with E-state index in [1.54, 1.807) is 30.4 Å². The summed E-state index contributed by atoms with van der Waals surface area (Å²) >= 11 is 0. The summed E-state index contributed by atoms with van der Waals surface area (Å²) in [7, 11) is 0. The molecule has 0 N–H and O–H groups in total. The molecule has 112 valence electrons. The third kappa shape index (κ3) is 2.75. The van der Waals surface area contributed by atoms with Gasteiger partial charge >= 0.3 is 6.29 Å². The molecule has 0 amide bonds. The van der Waals surface area contributed by atoms with Gasteiger partial charge in [0.1, 0.15) is 0 Å². The molecule has 0 saturated carbocycles. The van der Waals surface area contributed by atoms with E-state index in [1.165, 1.54) is 12.1 Å². The minimum absolute atomic E-state index is 0.0681. The predicted octanol–water partition coefficient (Wildman–Crippen LogP) is 4.17. The van der Waals surface area contributed by atoms with Crippen molar-refractivity contribution in [3.8, 4) is 11.5 Å². The Morgan fingerprint density at radius 3 is 2.62 bits per heavy atom. The zero-order chi connectivity index (χ0) is 15.0. The van der Waals surface area contributed by atoms with E-state index in [0.29, 0.717) is 5.56 Å². The molecule has 1 aromatic rings. The van der Waals surface area contributed by atoms with Crippen LogP contribution in [0.4, 0.5) is 17.6 Å². The van der Waals surface area contributed by atoms with Crippen LogP contribution in [-0.4, -0.2) is 12.7 Å². The summed E-state index contributed by atoms with van der Waals surface area (Å²) in [6.45, 7) is 0. The standard InChI is InChI=1S/C15H12F4O2/c16-14(17)11-6-2-1-4-9(11)8-10-5-3-7-12-13(10)21-15(18,19)20-12/h1-7,9,11,14H,8H2. The number of hydrogen-bond donors (Lipinski definition) is 0. The van der Waals surface area contributed by atoms with Crippen LogP contribution in [0.1, 0.15) is 5.56 Å². The number of para-hydroxylation sites is 1. The van der Waals surface area contributed by atoms with Gasteiger partial charge in [0.05, 0.1) is 0 Å². The van der Waals surface area contributed by atoms with Crippen LogP contribution >= 0.6 is 0 Å². The molecule has 1 aliphatic heterocycles. The first-order valence-corrected chi connectivity index (χ1v) is 6.47. The smallest absolute Gasteiger partial charge is 0.395 e.